The summed E-state index contributed by atoms with van der Waals surface area (Å²) in [6.07, 6.45) is 1.29. The Labute approximate surface area is 115 Å². The van der Waals surface area contributed by atoms with Gasteiger partial charge in [-0.15, -0.1) is 0 Å². The lowest BCUT2D eigenvalue weighted by atomic mass is 9.92. The zero-order valence-electron chi connectivity index (χ0n) is 10.8. The van der Waals surface area contributed by atoms with Gasteiger partial charge in [-0.05, 0) is 46.3 Å². The molecule has 4 heteroatoms. The van der Waals surface area contributed by atoms with Crippen LogP contribution in [0.1, 0.15) is 44.0 Å². The third-order valence-corrected chi connectivity index (χ3v) is 3.52. The first-order valence-electron chi connectivity index (χ1n) is 5.99. The maximum Gasteiger partial charge on any atom is 0.173 e. The molecule has 0 aliphatic rings. The van der Waals surface area contributed by atoms with Gasteiger partial charge in [0, 0.05) is 12.0 Å². The summed E-state index contributed by atoms with van der Waals surface area (Å²) in [6, 6.07) is 2.31. The van der Waals surface area contributed by atoms with Crippen LogP contribution in [0.25, 0.3) is 0 Å². The first-order valence-corrected chi connectivity index (χ1v) is 6.79. The van der Waals surface area contributed by atoms with Crippen molar-refractivity contribution in [3.05, 3.63) is 33.8 Å². The van der Waals surface area contributed by atoms with Crippen LogP contribution in [0.5, 0.6) is 0 Å². The molecular weight excluding hydrogens is 302 g/mol. The lowest BCUT2D eigenvalue weighted by molar-refractivity contribution is 0.0958. The highest BCUT2D eigenvalue weighted by Crippen LogP contribution is 2.26. The number of benzene rings is 1. The van der Waals surface area contributed by atoms with E-state index >= 15 is 0 Å². The largest absolute Gasteiger partial charge is 0.294 e. The maximum atomic E-state index is 13.3. The molecule has 1 nitrogen and oxygen atoms in total. The van der Waals surface area contributed by atoms with Gasteiger partial charge in [0.05, 0.1) is 4.47 Å². The number of rotatable bonds is 5. The SMILES string of the molecule is CC(C)CC(C)CC(=O)c1ccc(F)c(F)c1Br. The summed E-state index contributed by atoms with van der Waals surface area (Å²) in [5.41, 5.74) is 0.213. The highest BCUT2D eigenvalue weighted by molar-refractivity contribution is 9.10. The average molecular weight is 319 g/mol. The smallest absolute Gasteiger partial charge is 0.173 e. The molecule has 1 rings (SSSR count). The number of halogens is 3. The van der Waals surface area contributed by atoms with Crippen molar-refractivity contribution < 1.29 is 13.6 Å². The number of carbonyl (C=O) groups is 1. The van der Waals surface area contributed by atoms with Crippen LogP contribution in [0.3, 0.4) is 0 Å². The predicted molar refractivity (Wildman–Crippen MR) is 71.6 cm³/mol. The van der Waals surface area contributed by atoms with E-state index < -0.39 is 11.6 Å². The molecule has 0 saturated carbocycles. The molecule has 0 heterocycles. The van der Waals surface area contributed by atoms with Crippen LogP contribution in [-0.4, -0.2) is 5.78 Å². The molecule has 0 amide bonds. The summed E-state index contributed by atoms with van der Waals surface area (Å²) in [4.78, 5) is 12.0. The molecule has 1 atom stereocenters. The van der Waals surface area contributed by atoms with E-state index in [-0.39, 0.29) is 21.7 Å². The minimum Gasteiger partial charge on any atom is -0.294 e. The summed E-state index contributed by atoms with van der Waals surface area (Å²) < 4.78 is 26.2. The number of hydrogen-bond acceptors (Lipinski definition) is 1. The fourth-order valence-corrected chi connectivity index (χ4v) is 2.60. The maximum absolute atomic E-state index is 13.3. The highest BCUT2D eigenvalue weighted by atomic mass is 79.9. The number of carbonyl (C=O) groups excluding carboxylic acids is 1. The summed E-state index contributed by atoms with van der Waals surface area (Å²) in [5.74, 6) is -1.36. The summed E-state index contributed by atoms with van der Waals surface area (Å²) in [6.45, 7) is 6.18. The van der Waals surface area contributed by atoms with Crippen LogP contribution in [0.2, 0.25) is 0 Å². The van der Waals surface area contributed by atoms with E-state index in [2.05, 4.69) is 29.8 Å². The van der Waals surface area contributed by atoms with Gasteiger partial charge in [0.25, 0.3) is 0 Å². The van der Waals surface area contributed by atoms with Crippen molar-refractivity contribution in [2.24, 2.45) is 11.8 Å². The normalized spacial score (nSPS) is 12.8. The summed E-state index contributed by atoms with van der Waals surface area (Å²) in [5, 5.41) is 0. The van der Waals surface area contributed by atoms with Gasteiger partial charge in [0.15, 0.2) is 17.4 Å². The number of ketones is 1. The molecule has 18 heavy (non-hydrogen) atoms. The molecule has 0 aliphatic carbocycles. The van der Waals surface area contributed by atoms with Crippen LogP contribution in [0.4, 0.5) is 8.78 Å². The van der Waals surface area contributed by atoms with Crippen molar-refractivity contribution >= 4 is 21.7 Å². The van der Waals surface area contributed by atoms with E-state index in [9.17, 15) is 13.6 Å². The molecule has 0 N–H and O–H groups in total. The Morgan fingerprint density at radius 1 is 1.28 bits per heavy atom. The van der Waals surface area contributed by atoms with E-state index in [1.54, 1.807) is 0 Å². The van der Waals surface area contributed by atoms with Crippen molar-refractivity contribution in [2.75, 3.05) is 0 Å². The number of hydrogen-bond donors (Lipinski definition) is 0. The second-order valence-corrected chi connectivity index (χ2v) is 5.88. The molecule has 0 fully saturated rings. The fraction of sp³-hybridized carbons (Fsp3) is 0.500. The van der Waals surface area contributed by atoms with Gasteiger partial charge in [0.1, 0.15) is 0 Å². The fourth-order valence-electron chi connectivity index (χ4n) is 2.06. The van der Waals surface area contributed by atoms with Crippen LogP contribution >= 0.6 is 15.9 Å². The van der Waals surface area contributed by atoms with Crippen LogP contribution in [-0.2, 0) is 0 Å². The molecular formula is C14H17BrF2O. The monoisotopic (exact) mass is 318 g/mol. The molecule has 0 spiro atoms. The Bertz CT molecular complexity index is 444. The van der Waals surface area contributed by atoms with E-state index in [0.717, 1.165) is 12.5 Å². The Kier molecular flexibility index (Phi) is 5.45. The van der Waals surface area contributed by atoms with Crippen molar-refractivity contribution in [3.8, 4) is 0 Å². The lowest BCUT2D eigenvalue weighted by Crippen LogP contribution is -2.10. The van der Waals surface area contributed by atoms with Crippen molar-refractivity contribution in [2.45, 2.75) is 33.6 Å². The van der Waals surface area contributed by atoms with Gasteiger partial charge >= 0.3 is 0 Å². The molecule has 100 valence electrons. The van der Waals surface area contributed by atoms with Crippen LogP contribution < -0.4 is 0 Å². The Morgan fingerprint density at radius 3 is 2.44 bits per heavy atom. The summed E-state index contributed by atoms with van der Waals surface area (Å²) >= 11 is 2.94. The molecule has 1 aromatic carbocycles. The van der Waals surface area contributed by atoms with Crippen molar-refractivity contribution in [1.29, 1.82) is 0 Å². The van der Waals surface area contributed by atoms with Crippen LogP contribution in [0.15, 0.2) is 16.6 Å². The third-order valence-electron chi connectivity index (χ3n) is 2.74. The minimum atomic E-state index is -1.00. The van der Waals surface area contributed by atoms with E-state index in [0.29, 0.717) is 12.3 Å². The lowest BCUT2D eigenvalue weighted by Gasteiger charge is -2.13. The first-order chi connectivity index (χ1) is 8.32. The Morgan fingerprint density at radius 2 is 1.89 bits per heavy atom. The second-order valence-electron chi connectivity index (χ2n) is 5.08. The molecule has 0 aliphatic heterocycles. The van der Waals surface area contributed by atoms with Gasteiger partial charge in [-0.1, -0.05) is 20.8 Å². The Balaban J connectivity index is 2.82. The van der Waals surface area contributed by atoms with Gasteiger partial charge in [0.2, 0.25) is 0 Å². The van der Waals surface area contributed by atoms with Gasteiger partial charge < -0.3 is 0 Å². The predicted octanol–water partition coefficient (Wildman–Crippen LogP) is 4.98. The molecule has 0 saturated heterocycles. The van der Waals surface area contributed by atoms with Crippen molar-refractivity contribution in [3.63, 3.8) is 0 Å². The topological polar surface area (TPSA) is 17.1 Å². The molecule has 0 radical (unpaired) electrons. The minimum absolute atomic E-state index is 0.0794. The number of Topliss-reactive ketones (excluding diaryl/α,β-unsaturated/α-hetero) is 1. The Hall–Kier alpha value is -0.770. The highest BCUT2D eigenvalue weighted by Gasteiger charge is 2.18. The first kappa shape index (κ1) is 15.3. The van der Waals surface area contributed by atoms with E-state index in [1.807, 2.05) is 6.92 Å². The van der Waals surface area contributed by atoms with E-state index in [1.165, 1.54) is 6.07 Å². The van der Waals surface area contributed by atoms with Gasteiger partial charge in [-0.2, -0.15) is 0 Å². The van der Waals surface area contributed by atoms with Gasteiger partial charge in [-0.3, -0.25) is 4.79 Å². The standard InChI is InChI=1S/C14H17BrF2O/c1-8(2)6-9(3)7-12(18)10-4-5-11(16)14(17)13(10)15/h4-5,8-9H,6-7H2,1-3H3. The summed E-state index contributed by atoms with van der Waals surface area (Å²) in [7, 11) is 0. The zero-order valence-corrected chi connectivity index (χ0v) is 12.4. The quantitative estimate of drug-likeness (QED) is 0.552. The zero-order chi connectivity index (χ0) is 13.9. The average Bonchev–Trinajstić information content (AvgIpc) is 2.24. The van der Waals surface area contributed by atoms with E-state index in [4.69, 9.17) is 0 Å². The molecule has 1 aromatic rings. The van der Waals surface area contributed by atoms with Crippen molar-refractivity contribution in [1.82, 2.24) is 0 Å². The second kappa shape index (κ2) is 6.41. The third kappa shape index (κ3) is 3.87. The molecule has 1 unspecified atom stereocenters. The van der Waals surface area contributed by atoms with Gasteiger partial charge in [-0.25, -0.2) is 8.78 Å². The molecule has 0 bridgehead atoms. The van der Waals surface area contributed by atoms with Crippen LogP contribution in [0, 0.1) is 23.5 Å². The molecule has 0 aromatic heterocycles.